The van der Waals surface area contributed by atoms with Crippen LogP contribution in [0.3, 0.4) is 0 Å². The molecule has 0 saturated carbocycles. The number of hydrogen-bond donors (Lipinski definition) is 0. The zero-order valence-electron chi connectivity index (χ0n) is 6.32. The number of rotatable bonds is 2. The molecule has 1 saturated heterocycles. The van der Waals surface area contributed by atoms with Crippen LogP contribution in [0.5, 0.6) is 0 Å². The molecule has 0 bridgehead atoms. The van der Waals surface area contributed by atoms with E-state index in [1.807, 2.05) is 0 Å². The standard InChI is InChI=1S/C7H14I2N/c1-2-9-7-3-5-10(8)6-4-7/h7H,2-6H2,1H3/q-1. The number of halogens is 2. The molecule has 0 aromatic rings. The quantitative estimate of drug-likeness (QED) is 0.341. The maximum absolute atomic E-state index is 2.44. The molecule has 1 nitrogen and oxygen atoms in total. The third-order valence-electron chi connectivity index (χ3n) is 1.74. The third kappa shape index (κ3) is 3.21. The Morgan fingerprint density at radius 1 is 1.50 bits per heavy atom. The van der Waals surface area contributed by atoms with Gasteiger partial charge in [-0.1, -0.05) is 0 Å². The van der Waals surface area contributed by atoms with Crippen LogP contribution in [-0.4, -0.2) is 24.6 Å². The van der Waals surface area contributed by atoms with Gasteiger partial charge in [-0.3, -0.25) is 0 Å². The normalized spacial score (nSPS) is 23.8. The average molecular weight is 366 g/mol. The van der Waals surface area contributed by atoms with Gasteiger partial charge in [0.15, 0.2) is 0 Å². The molecule has 1 rings (SSSR count). The van der Waals surface area contributed by atoms with E-state index < -0.39 is 0 Å². The molecule has 1 aliphatic rings. The van der Waals surface area contributed by atoms with E-state index in [0.717, 1.165) is 3.92 Å². The molecule has 0 atom stereocenters. The zero-order valence-corrected chi connectivity index (χ0v) is 10.6. The SMILES string of the molecule is CC[I-]C1CCN(I)CC1. The first-order valence-corrected chi connectivity index (χ1v) is 7.55. The van der Waals surface area contributed by atoms with E-state index in [1.54, 1.807) is 0 Å². The zero-order chi connectivity index (χ0) is 7.40. The summed E-state index contributed by atoms with van der Waals surface area (Å²) < 4.78 is 5.05. The molecule has 3 heteroatoms. The summed E-state index contributed by atoms with van der Waals surface area (Å²) in [6.07, 6.45) is 2.95. The fraction of sp³-hybridized carbons (Fsp3) is 1.00. The van der Waals surface area contributed by atoms with Crippen molar-refractivity contribution in [2.45, 2.75) is 23.7 Å². The van der Waals surface area contributed by atoms with Crippen molar-refractivity contribution in [3.8, 4) is 0 Å². The summed E-state index contributed by atoms with van der Waals surface area (Å²) in [6, 6.07) is 0. The van der Waals surface area contributed by atoms with Crippen LogP contribution < -0.4 is 21.2 Å². The Morgan fingerprint density at radius 3 is 2.60 bits per heavy atom. The molecule has 1 aliphatic heterocycles. The summed E-state index contributed by atoms with van der Waals surface area (Å²) in [4.78, 5) is 0. The third-order valence-corrected chi connectivity index (χ3v) is 6.08. The Bertz CT molecular complexity index is 89.6. The topological polar surface area (TPSA) is 3.24 Å². The van der Waals surface area contributed by atoms with Gasteiger partial charge in [0.1, 0.15) is 0 Å². The van der Waals surface area contributed by atoms with Gasteiger partial charge >= 0.3 is 88.4 Å². The van der Waals surface area contributed by atoms with Crippen molar-refractivity contribution in [2.75, 3.05) is 17.5 Å². The van der Waals surface area contributed by atoms with E-state index in [4.69, 9.17) is 0 Å². The maximum atomic E-state index is 2.44. The van der Waals surface area contributed by atoms with Gasteiger partial charge in [-0.15, -0.1) is 0 Å². The molecular formula is C7H14I2N-. The van der Waals surface area contributed by atoms with Crippen molar-refractivity contribution in [1.29, 1.82) is 0 Å². The second kappa shape index (κ2) is 5.13. The summed E-state index contributed by atoms with van der Waals surface area (Å²) in [5.74, 6) is 0. The molecule has 1 heterocycles. The van der Waals surface area contributed by atoms with Crippen LogP contribution >= 0.6 is 22.9 Å². The summed E-state index contributed by atoms with van der Waals surface area (Å²) in [6.45, 7) is 5.01. The molecule has 62 valence electrons. The van der Waals surface area contributed by atoms with Crippen molar-refractivity contribution < 1.29 is 21.2 Å². The van der Waals surface area contributed by atoms with Crippen molar-refractivity contribution >= 4 is 22.9 Å². The molecule has 0 aliphatic carbocycles. The van der Waals surface area contributed by atoms with Gasteiger partial charge in [-0.25, -0.2) is 0 Å². The minimum absolute atomic E-state index is 0.557. The Hall–Kier alpha value is 1.42. The molecule has 10 heavy (non-hydrogen) atoms. The number of nitrogens with zero attached hydrogens (tertiary/aromatic N) is 1. The first kappa shape index (κ1) is 9.51. The van der Waals surface area contributed by atoms with Gasteiger partial charge < -0.3 is 0 Å². The Morgan fingerprint density at radius 2 is 2.10 bits per heavy atom. The Balaban J connectivity index is 2.13. The van der Waals surface area contributed by atoms with Crippen molar-refractivity contribution in [3.05, 3.63) is 0 Å². The molecule has 0 amide bonds. The van der Waals surface area contributed by atoms with E-state index in [0.29, 0.717) is 21.2 Å². The number of hydrogen-bond acceptors (Lipinski definition) is 1. The molecule has 0 aromatic heterocycles. The number of piperidine rings is 1. The van der Waals surface area contributed by atoms with E-state index in [9.17, 15) is 0 Å². The summed E-state index contributed by atoms with van der Waals surface area (Å²) in [5.41, 5.74) is 0. The van der Waals surface area contributed by atoms with Gasteiger partial charge in [0.25, 0.3) is 0 Å². The first-order valence-electron chi connectivity index (χ1n) is 3.81. The Labute approximate surface area is 87.7 Å². The van der Waals surface area contributed by atoms with Gasteiger partial charge in [-0.05, 0) is 0 Å². The van der Waals surface area contributed by atoms with Crippen molar-refractivity contribution in [2.24, 2.45) is 0 Å². The second-order valence-corrected chi connectivity index (χ2v) is 8.04. The second-order valence-electron chi connectivity index (χ2n) is 2.51. The van der Waals surface area contributed by atoms with Crippen molar-refractivity contribution in [1.82, 2.24) is 3.11 Å². The predicted octanol–water partition coefficient (Wildman–Crippen LogP) is -1.09. The van der Waals surface area contributed by atoms with E-state index in [1.165, 1.54) is 30.4 Å². The molecule has 0 aromatic carbocycles. The van der Waals surface area contributed by atoms with Crippen LogP contribution in [0.2, 0.25) is 0 Å². The fourth-order valence-corrected chi connectivity index (χ4v) is 4.43. The number of alkyl halides is 2. The van der Waals surface area contributed by atoms with Crippen LogP contribution in [0.25, 0.3) is 0 Å². The van der Waals surface area contributed by atoms with Gasteiger partial charge in [-0.2, -0.15) is 0 Å². The van der Waals surface area contributed by atoms with Crippen LogP contribution in [0.4, 0.5) is 0 Å². The average Bonchev–Trinajstić information content (AvgIpc) is 1.95. The van der Waals surface area contributed by atoms with E-state index in [-0.39, 0.29) is 0 Å². The summed E-state index contributed by atoms with van der Waals surface area (Å²) in [7, 11) is 0. The molecular weight excluding hydrogens is 352 g/mol. The summed E-state index contributed by atoms with van der Waals surface area (Å²) in [5, 5.41) is 0. The predicted molar refractivity (Wildman–Crippen MR) is 49.2 cm³/mol. The van der Waals surface area contributed by atoms with Gasteiger partial charge in [0.05, 0.1) is 0 Å². The molecule has 1 fully saturated rings. The molecule has 0 spiro atoms. The molecule has 0 radical (unpaired) electrons. The van der Waals surface area contributed by atoms with Crippen LogP contribution in [0, 0.1) is 0 Å². The van der Waals surface area contributed by atoms with E-state index in [2.05, 4.69) is 32.9 Å². The first-order chi connectivity index (χ1) is 4.83. The van der Waals surface area contributed by atoms with Crippen LogP contribution in [0.1, 0.15) is 19.8 Å². The molecule has 0 N–H and O–H groups in total. The van der Waals surface area contributed by atoms with E-state index >= 15 is 0 Å². The van der Waals surface area contributed by atoms with Crippen LogP contribution in [0.15, 0.2) is 0 Å². The molecule has 0 unspecified atom stereocenters. The monoisotopic (exact) mass is 366 g/mol. The van der Waals surface area contributed by atoms with Gasteiger partial charge in [0, 0.05) is 0 Å². The Kier molecular flexibility index (Phi) is 4.88. The van der Waals surface area contributed by atoms with Crippen molar-refractivity contribution in [3.63, 3.8) is 0 Å². The van der Waals surface area contributed by atoms with Crippen LogP contribution in [-0.2, 0) is 0 Å². The fourth-order valence-electron chi connectivity index (χ4n) is 1.19. The minimum atomic E-state index is 0.557. The van der Waals surface area contributed by atoms with Gasteiger partial charge in [0.2, 0.25) is 0 Å². The summed E-state index contributed by atoms with van der Waals surface area (Å²) >= 11 is 3.00.